The number of amides is 1. The van der Waals surface area contributed by atoms with E-state index in [0.29, 0.717) is 19.4 Å². The average Bonchev–Trinajstić information content (AvgIpc) is 1.89. The molecule has 0 aliphatic heterocycles. The third-order valence-electron chi connectivity index (χ3n) is 0.933. The quantitative estimate of drug-likeness (QED) is 0.404. The number of carbonyl (C=O) groups excluding carboxylic acids is 2. The summed E-state index contributed by atoms with van der Waals surface area (Å²) in [6, 6.07) is 0. The average molecular weight is 128 g/mol. The van der Waals surface area contributed by atoms with Crippen LogP contribution in [0.25, 0.3) is 0 Å². The Balaban J connectivity index is 2.74. The lowest BCUT2D eigenvalue weighted by atomic mass is 10.2. The molecule has 0 bridgehead atoms. The van der Waals surface area contributed by atoms with Crippen LogP contribution in [0.1, 0.15) is 19.3 Å². The third kappa shape index (κ3) is 7.14. The molecule has 3 nitrogen and oxygen atoms in total. The van der Waals surface area contributed by atoms with Crippen molar-refractivity contribution >= 4 is 12.7 Å². The van der Waals surface area contributed by atoms with Gasteiger partial charge in [0.05, 0.1) is 0 Å². The molecule has 0 aliphatic rings. The Morgan fingerprint density at radius 2 is 2.22 bits per heavy atom. The largest absolute Gasteiger partial charge is 0.359 e. The first-order valence-electron chi connectivity index (χ1n) is 2.94. The summed E-state index contributed by atoms with van der Waals surface area (Å²) in [7, 11) is 0. The second-order valence-electron chi connectivity index (χ2n) is 1.67. The first-order chi connectivity index (χ1) is 4.41. The van der Waals surface area contributed by atoms with Crippen molar-refractivity contribution in [3.8, 4) is 0 Å². The van der Waals surface area contributed by atoms with E-state index in [0.717, 1.165) is 12.8 Å². The number of unbranched alkanes of at least 4 members (excludes halogenated alkanes) is 2. The van der Waals surface area contributed by atoms with Crippen LogP contribution in [0.2, 0.25) is 0 Å². The van der Waals surface area contributed by atoms with Gasteiger partial charge in [-0.25, -0.2) is 0 Å². The highest BCUT2D eigenvalue weighted by molar-refractivity contribution is 5.50. The van der Waals surface area contributed by atoms with Crippen molar-refractivity contribution in [1.82, 2.24) is 5.32 Å². The minimum absolute atomic E-state index is 0.473. The summed E-state index contributed by atoms with van der Waals surface area (Å²) < 4.78 is 0. The molecule has 0 saturated carbocycles. The van der Waals surface area contributed by atoms with Gasteiger partial charge in [-0.2, -0.15) is 0 Å². The van der Waals surface area contributed by atoms with E-state index >= 15 is 0 Å². The molecule has 0 spiro atoms. The van der Waals surface area contributed by atoms with Crippen LogP contribution < -0.4 is 5.32 Å². The number of hydrogen-bond acceptors (Lipinski definition) is 2. The Bertz CT molecular complexity index is 73.1. The van der Waals surface area contributed by atoms with Crippen LogP contribution in [0.4, 0.5) is 0 Å². The van der Waals surface area contributed by atoms with E-state index in [-0.39, 0.29) is 0 Å². The first kappa shape index (κ1) is 8.14. The van der Waals surface area contributed by atoms with Gasteiger partial charge in [-0.15, -0.1) is 0 Å². The molecule has 1 radical (unpaired) electrons. The molecular formula is C6H10NO2. The maximum absolute atomic E-state index is 9.65. The van der Waals surface area contributed by atoms with Crippen LogP contribution in [0.15, 0.2) is 0 Å². The normalized spacial score (nSPS) is 8.44. The molecule has 51 valence electrons. The van der Waals surface area contributed by atoms with Crippen LogP contribution in [-0.4, -0.2) is 19.2 Å². The van der Waals surface area contributed by atoms with E-state index in [1.165, 1.54) is 0 Å². The number of hydrogen-bond donors (Lipinski definition) is 1. The molecule has 1 N–H and O–H groups in total. The van der Waals surface area contributed by atoms with E-state index in [4.69, 9.17) is 0 Å². The van der Waals surface area contributed by atoms with Crippen molar-refractivity contribution in [3.63, 3.8) is 0 Å². The predicted molar refractivity (Wildman–Crippen MR) is 33.6 cm³/mol. The Kier molecular flexibility index (Phi) is 6.46. The van der Waals surface area contributed by atoms with Crippen LogP contribution in [-0.2, 0) is 9.59 Å². The van der Waals surface area contributed by atoms with Crippen LogP contribution in [0.5, 0.6) is 0 Å². The van der Waals surface area contributed by atoms with E-state index in [1.54, 1.807) is 6.29 Å². The molecule has 1 amide bonds. The molecule has 0 aromatic rings. The van der Waals surface area contributed by atoms with Crippen LogP contribution >= 0.6 is 0 Å². The monoisotopic (exact) mass is 128 g/mol. The fourth-order valence-corrected chi connectivity index (χ4v) is 0.483. The maximum atomic E-state index is 9.65. The van der Waals surface area contributed by atoms with Gasteiger partial charge in [0, 0.05) is 13.0 Å². The van der Waals surface area contributed by atoms with Crippen molar-refractivity contribution in [3.05, 3.63) is 0 Å². The molecule has 0 fully saturated rings. The van der Waals surface area contributed by atoms with E-state index < -0.39 is 0 Å². The molecule has 0 rings (SSSR count). The summed E-state index contributed by atoms with van der Waals surface area (Å²) in [5.41, 5.74) is 0. The molecule has 3 heteroatoms. The fraction of sp³-hybridized carbons (Fsp3) is 0.667. The van der Waals surface area contributed by atoms with Gasteiger partial charge < -0.3 is 5.32 Å². The van der Waals surface area contributed by atoms with Crippen molar-refractivity contribution in [1.29, 1.82) is 0 Å². The zero-order valence-corrected chi connectivity index (χ0v) is 5.22. The van der Waals surface area contributed by atoms with Crippen molar-refractivity contribution in [2.45, 2.75) is 19.3 Å². The second-order valence-corrected chi connectivity index (χ2v) is 1.67. The van der Waals surface area contributed by atoms with Gasteiger partial charge in [0.25, 0.3) is 0 Å². The fourth-order valence-electron chi connectivity index (χ4n) is 0.483. The smallest absolute Gasteiger partial charge is 0.207 e. The lowest BCUT2D eigenvalue weighted by Crippen LogP contribution is -2.11. The van der Waals surface area contributed by atoms with Gasteiger partial charge in [0.2, 0.25) is 6.41 Å². The zero-order valence-electron chi connectivity index (χ0n) is 5.22. The summed E-state index contributed by atoms with van der Waals surface area (Å²) in [4.78, 5) is 19.3. The Morgan fingerprint density at radius 1 is 1.44 bits per heavy atom. The first-order valence-corrected chi connectivity index (χ1v) is 2.94. The highest BCUT2D eigenvalue weighted by Crippen LogP contribution is 1.88. The van der Waals surface area contributed by atoms with Crippen LogP contribution in [0.3, 0.4) is 0 Å². The van der Waals surface area contributed by atoms with Gasteiger partial charge >= 0.3 is 0 Å². The number of carbonyl (C=O) groups is 1. The Labute approximate surface area is 54.4 Å². The maximum Gasteiger partial charge on any atom is 0.207 e. The van der Waals surface area contributed by atoms with Crippen molar-refractivity contribution in [2.24, 2.45) is 0 Å². The molecule has 0 heterocycles. The van der Waals surface area contributed by atoms with Gasteiger partial charge in [0.1, 0.15) is 0 Å². The lowest BCUT2D eigenvalue weighted by Gasteiger charge is -1.93. The van der Waals surface area contributed by atoms with Gasteiger partial charge in [-0.3, -0.25) is 9.59 Å². The minimum Gasteiger partial charge on any atom is -0.359 e. The molecule has 0 aliphatic carbocycles. The SMILES string of the molecule is O=[C]CCCCNC=O. The molecule has 0 aromatic carbocycles. The van der Waals surface area contributed by atoms with E-state index in [9.17, 15) is 9.59 Å². The number of nitrogens with one attached hydrogen (secondary N) is 1. The Hall–Kier alpha value is -0.860. The summed E-state index contributed by atoms with van der Waals surface area (Å²) in [6.07, 6.45) is 4.57. The van der Waals surface area contributed by atoms with Crippen molar-refractivity contribution in [2.75, 3.05) is 6.54 Å². The highest BCUT2D eigenvalue weighted by Gasteiger charge is 1.85. The predicted octanol–water partition coefficient (Wildman–Crippen LogP) is 0.0124. The third-order valence-corrected chi connectivity index (χ3v) is 0.933. The van der Waals surface area contributed by atoms with Gasteiger partial charge in [-0.1, -0.05) is 0 Å². The van der Waals surface area contributed by atoms with E-state index in [2.05, 4.69) is 5.32 Å². The molecule has 9 heavy (non-hydrogen) atoms. The number of rotatable bonds is 6. The molecule has 0 atom stereocenters. The second kappa shape index (κ2) is 7.14. The Morgan fingerprint density at radius 3 is 2.78 bits per heavy atom. The van der Waals surface area contributed by atoms with Gasteiger partial charge in [-0.05, 0) is 12.8 Å². The highest BCUT2D eigenvalue weighted by atomic mass is 16.1. The molecular weight excluding hydrogens is 118 g/mol. The van der Waals surface area contributed by atoms with E-state index in [1.807, 2.05) is 0 Å². The topological polar surface area (TPSA) is 46.2 Å². The molecule has 0 aromatic heterocycles. The summed E-state index contributed by atoms with van der Waals surface area (Å²) in [5, 5.41) is 2.50. The lowest BCUT2D eigenvalue weighted by molar-refractivity contribution is -0.109. The molecule has 0 saturated heterocycles. The van der Waals surface area contributed by atoms with Gasteiger partial charge in [0.15, 0.2) is 6.29 Å². The standard InChI is InChI=1S/C6H10NO2/c8-5-3-1-2-4-7-6-9/h6H,1-4H2,(H,7,9). The zero-order chi connectivity index (χ0) is 6.95. The molecule has 0 unspecified atom stereocenters. The summed E-state index contributed by atoms with van der Waals surface area (Å²) in [5.74, 6) is 0. The minimum atomic E-state index is 0.473. The van der Waals surface area contributed by atoms with Crippen molar-refractivity contribution < 1.29 is 9.59 Å². The van der Waals surface area contributed by atoms with Crippen LogP contribution in [0, 0.1) is 0 Å². The summed E-state index contributed by atoms with van der Waals surface area (Å²) >= 11 is 0. The summed E-state index contributed by atoms with van der Waals surface area (Å²) in [6.45, 7) is 0.658.